The second kappa shape index (κ2) is 6.05. The lowest BCUT2D eigenvalue weighted by molar-refractivity contribution is 0.109. The molecule has 0 unspecified atom stereocenters. The molecule has 0 saturated carbocycles. The second-order valence-corrected chi connectivity index (χ2v) is 5.33. The van der Waals surface area contributed by atoms with E-state index in [0.717, 1.165) is 27.7 Å². The average Bonchev–Trinajstić information content (AvgIpc) is 3.11. The predicted octanol–water partition coefficient (Wildman–Crippen LogP) is 3.66. The van der Waals surface area contributed by atoms with E-state index in [2.05, 4.69) is 9.97 Å². The summed E-state index contributed by atoms with van der Waals surface area (Å²) in [5.41, 5.74) is 1.84. The molecular weight excluding hydrogens is 288 g/mol. The van der Waals surface area contributed by atoms with Crippen LogP contribution in [-0.2, 0) is 5.75 Å². The third-order valence-corrected chi connectivity index (χ3v) is 3.79. The van der Waals surface area contributed by atoms with E-state index in [1.165, 1.54) is 11.8 Å². The zero-order chi connectivity index (χ0) is 14.7. The first-order chi connectivity index (χ1) is 10.3. The molecule has 0 bridgehead atoms. The maximum Gasteiger partial charge on any atom is 0.185 e. The minimum Gasteiger partial charge on any atom is -0.494 e. The molecule has 0 fully saturated rings. The van der Waals surface area contributed by atoms with Gasteiger partial charge in [0.05, 0.1) is 23.4 Å². The van der Waals surface area contributed by atoms with Crippen LogP contribution in [0.2, 0.25) is 0 Å². The molecule has 0 aliphatic heterocycles. The van der Waals surface area contributed by atoms with Gasteiger partial charge in [-0.3, -0.25) is 4.79 Å². The largest absolute Gasteiger partial charge is 0.494 e. The highest BCUT2D eigenvalue weighted by molar-refractivity contribution is 7.98. The van der Waals surface area contributed by atoms with Gasteiger partial charge < -0.3 is 14.1 Å². The van der Waals surface area contributed by atoms with Gasteiger partial charge in [-0.05, 0) is 31.2 Å². The molecular formula is C15H14N2O3S. The molecule has 2 aromatic heterocycles. The number of hydrogen-bond acceptors (Lipinski definition) is 5. The Balaban J connectivity index is 1.73. The summed E-state index contributed by atoms with van der Waals surface area (Å²) >= 11 is 1.53. The SMILES string of the molecule is CCOc1ccc2nc(SCc3ccc(C=O)o3)[nH]c2c1. The highest BCUT2D eigenvalue weighted by Gasteiger charge is 2.07. The summed E-state index contributed by atoms with van der Waals surface area (Å²) < 4.78 is 10.8. The number of carbonyl (C=O) groups excluding carboxylic acids is 1. The lowest BCUT2D eigenvalue weighted by Crippen LogP contribution is -1.90. The molecule has 3 aromatic rings. The molecule has 108 valence electrons. The summed E-state index contributed by atoms with van der Waals surface area (Å²) in [6, 6.07) is 9.23. The smallest absolute Gasteiger partial charge is 0.185 e. The molecule has 0 spiro atoms. The predicted molar refractivity (Wildman–Crippen MR) is 80.9 cm³/mol. The number of nitrogens with zero attached hydrogens (tertiary/aromatic N) is 1. The molecule has 0 aliphatic rings. The van der Waals surface area contributed by atoms with Crippen LogP contribution in [0.25, 0.3) is 11.0 Å². The van der Waals surface area contributed by atoms with E-state index in [1.54, 1.807) is 12.1 Å². The summed E-state index contributed by atoms with van der Waals surface area (Å²) in [4.78, 5) is 18.3. The van der Waals surface area contributed by atoms with Crippen molar-refractivity contribution in [2.75, 3.05) is 6.61 Å². The summed E-state index contributed by atoms with van der Waals surface area (Å²) in [7, 11) is 0. The maximum atomic E-state index is 10.6. The standard InChI is InChI=1S/C15H14N2O3S/c1-2-19-10-5-6-13-14(7-10)17-15(16-13)21-9-12-4-3-11(8-18)20-12/h3-8H,2,9H2,1H3,(H,16,17). The number of ether oxygens (including phenoxy) is 1. The van der Waals surface area contributed by atoms with Gasteiger partial charge >= 0.3 is 0 Å². The van der Waals surface area contributed by atoms with Crippen LogP contribution < -0.4 is 4.74 Å². The van der Waals surface area contributed by atoms with Crippen molar-refractivity contribution in [2.45, 2.75) is 17.8 Å². The molecule has 6 heteroatoms. The van der Waals surface area contributed by atoms with Crippen LogP contribution in [0.3, 0.4) is 0 Å². The fraction of sp³-hybridized carbons (Fsp3) is 0.200. The Morgan fingerprint density at radius 3 is 3.05 bits per heavy atom. The Labute approximate surface area is 125 Å². The number of aldehydes is 1. The Morgan fingerprint density at radius 1 is 1.38 bits per heavy atom. The first-order valence-electron chi connectivity index (χ1n) is 6.57. The number of aromatic amines is 1. The summed E-state index contributed by atoms with van der Waals surface area (Å²) in [5, 5.41) is 0.808. The highest BCUT2D eigenvalue weighted by atomic mass is 32.2. The Morgan fingerprint density at radius 2 is 2.29 bits per heavy atom. The number of furan rings is 1. The van der Waals surface area contributed by atoms with Crippen molar-refractivity contribution < 1.29 is 13.9 Å². The van der Waals surface area contributed by atoms with Crippen LogP contribution in [-0.4, -0.2) is 22.9 Å². The monoisotopic (exact) mass is 302 g/mol. The van der Waals surface area contributed by atoms with Crippen molar-refractivity contribution in [1.82, 2.24) is 9.97 Å². The average molecular weight is 302 g/mol. The van der Waals surface area contributed by atoms with Gasteiger partial charge in [-0.25, -0.2) is 4.98 Å². The van der Waals surface area contributed by atoms with Crippen LogP contribution in [0.15, 0.2) is 39.9 Å². The minimum absolute atomic E-state index is 0.344. The van der Waals surface area contributed by atoms with Crippen LogP contribution in [0, 0.1) is 0 Å². The van der Waals surface area contributed by atoms with Gasteiger partial charge in [-0.2, -0.15) is 0 Å². The third-order valence-electron chi connectivity index (χ3n) is 2.89. The highest BCUT2D eigenvalue weighted by Crippen LogP contribution is 2.25. The van der Waals surface area contributed by atoms with Gasteiger partial charge in [-0.1, -0.05) is 11.8 Å². The number of aromatic nitrogens is 2. The number of benzene rings is 1. The normalized spacial score (nSPS) is 10.9. The van der Waals surface area contributed by atoms with Gasteiger partial charge in [0.1, 0.15) is 11.5 Å². The van der Waals surface area contributed by atoms with E-state index in [4.69, 9.17) is 9.15 Å². The van der Waals surface area contributed by atoms with Crippen molar-refractivity contribution in [3.8, 4) is 5.75 Å². The van der Waals surface area contributed by atoms with Crippen molar-refractivity contribution in [3.05, 3.63) is 41.9 Å². The first kappa shape index (κ1) is 13.8. The van der Waals surface area contributed by atoms with Gasteiger partial charge in [-0.15, -0.1) is 0 Å². The number of imidazole rings is 1. The number of nitrogens with one attached hydrogen (secondary N) is 1. The Kier molecular flexibility index (Phi) is 3.96. The summed E-state index contributed by atoms with van der Waals surface area (Å²) in [6.45, 7) is 2.59. The number of rotatable bonds is 6. The molecule has 0 saturated heterocycles. The lowest BCUT2D eigenvalue weighted by atomic mass is 10.3. The number of carbonyl (C=O) groups is 1. The molecule has 3 rings (SSSR count). The maximum absolute atomic E-state index is 10.6. The zero-order valence-corrected chi connectivity index (χ0v) is 12.3. The molecule has 2 heterocycles. The minimum atomic E-state index is 0.344. The molecule has 21 heavy (non-hydrogen) atoms. The van der Waals surface area contributed by atoms with Crippen LogP contribution in [0.5, 0.6) is 5.75 Å². The fourth-order valence-corrected chi connectivity index (χ4v) is 2.74. The van der Waals surface area contributed by atoms with Gasteiger partial charge in [0, 0.05) is 6.07 Å². The third kappa shape index (κ3) is 3.11. The Hall–Kier alpha value is -2.21. The molecule has 0 amide bonds. The van der Waals surface area contributed by atoms with E-state index in [0.29, 0.717) is 24.4 Å². The van der Waals surface area contributed by atoms with Crippen molar-refractivity contribution >= 4 is 29.1 Å². The van der Waals surface area contributed by atoms with Crippen LogP contribution in [0.4, 0.5) is 0 Å². The fourth-order valence-electron chi connectivity index (χ4n) is 1.97. The van der Waals surface area contributed by atoms with Crippen molar-refractivity contribution in [3.63, 3.8) is 0 Å². The van der Waals surface area contributed by atoms with E-state index < -0.39 is 0 Å². The van der Waals surface area contributed by atoms with E-state index in [9.17, 15) is 4.79 Å². The lowest BCUT2D eigenvalue weighted by Gasteiger charge is -2.00. The molecule has 5 nitrogen and oxygen atoms in total. The molecule has 0 atom stereocenters. The first-order valence-corrected chi connectivity index (χ1v) is 7.56. The number of thioether (sulfide) groups is 1. The van der Waals surface area contributed by atoms with Crippen LogP contribution in [0.1, 0.15) is 23.2 Å². The molecule has 1 aromatic carbocycles. The van der Waals surface area contributed by atoms with Gasteiger partial charge in [0.15, 0.2) is 17.2 Å². The zero-order valence-electron chi connectivity index (χ0n) is 11.5. The molecule has 0 radical (unpaired) electrons. The van der Waals surface area contributed by atoms with E-state index >= 15 is 0 Å². The topological polar surface area (TPSA) is 68.1 Å². The van der Waals surface area contributed by atoms with E-state index in [-0.39, 0.29) is 0 Å². The number of fused-ring (bicyclic) bond motifs is 1. The second-order valence-electron chi connectivity index (χ2n) is 4.36. The van der Waals surface area contributed by atoms with E-state index in [1.807, 2.05) is 25.1 Å². The van der Waals surface area contributed by atoms with Crippen LogP contribution >= 0.6 is 11.8 Å². The number of H-pyrrole nitrogens is 1. The van der Waals surface area contributed by atoms with Gasteiger partial charge in [0.25, 0.3) is 0 Å². The van der Waals surface area contributed by atoms with Crippen molar-refractivity contribution in [2.24, 2.45) is 0 Å². The van der Waals surface area contributed by atoms with Gasteiger partial charge in [0.2, 0.25) is 0 Å². The molecule has 0 aliphatic carbocycles. The Bertz CT molecular complexity index is 763. The number of hydrogen-bond donors (Lipinski definition) is 1. The van der Waals surface area contributed by atoms with Crippen molar-refractivity contribution in [1.29, 1.82) is 0 Å². The summed E-state index contributed by atoms with van der Waals surface area (Å²) in [6.07, 6.45) is 0.699. The quantitative estimate of drug-likeness (QED) is 0.556. The summed E-state index contributed by atoms with van der Waals surface area (Å²) in [5.74, 6) is 2.53. The molecule has 1 N–H and O–H groups in total.